The molecule has 88 valence electrons. The average Bonchev–Trinajstić information content (AvgIpc) is 2.14. The Hall–Kier alpha value is -1.12. The molecule has 1 aromatic rings. The molecule has 0 radical (unpaired) electrons. The van der Waals surface area contributed by atoms with Gasteiger partial charge in [-0.3, -0.25) is 4.79 Å². The van der Waals surface area contributed by atoms with Crippen molar-refractivity contribution in [2.24, 2.45) is 0 Å². The molecule has 1 saturated carbocycles. The highest BCUT2D eigenvalue weighted by Gasteiger charge is 2.15. The Morgan fingerprint density at radius 3 is 2.44 bits per heavy atom. The zero-order valence-electron chi connectivity index (χ0n) is 9.96. The van der Waals surface area contributed by atoms with Gasteiger partial charge in [0.25, 0.3) is 5.56 Å². The van der Waals surface area contributed by atoms with Crippen molar-refractivity contribution < 1.29 is 0 Å². The summed E-state index contributed by atoms with van der Waals surface area (Å²) >= 11 is 0. The number of hydrogen-bond acceptors (Lipinski definition) is 2. The Kier molecular flexibility index (Phi) is 3.75. The van der Waals surface area contributed by atoms with Crippen LogP contribution in [0.15, 0.2) is 10.9 Å². The van der Waals surface area contributed by atoms with Crippen molar-refractivity contribution in [2.75, 3.05) is 0 Å². The third-order valence-corrected chi connectivity index (χ3v) is 3.38. The van der Waals surface area contributed by atoms with Crippen LogP contribution in [0.5, 0.6) is 0 Å². The molecule has 3 nitrogen and oxygen atoms in total. The van der Waals surface area contributed by atoms with E-state index in [1.807, 2.05) is 6.92 Å². The van der Waals surface area contributed by atoms with E-state index in [2.05, 4.69) is 9.97 Å². The summed E-state index contributed by atoms with van der Waals surface area (Å²) in [6.45, 7) is 1.89. The van der Waals surface area contributed by atoms with Gasteiger partial charge in [-0.2, -0.15) is 0 Å². The molecule has 16 heavy (non-hydrogen) atoms. The van der Waals surface area contributed by atoms with E-state index in [-0.39, 0.29) is 5.56 Å². The largest absolute Gasteiger partial charge is 0.310 e. The first-order chi connectivity index (χ1) is 7.75. The number of aromatic amines is 1. The van der Waals surface area contributed by atoms with E-state index in [4.69, 9.17) is 0 Å². The van der Waals surface area contributed by atoms with Gasteiger partial charge >= 0.3 is 0 Å². The number of nitrogens with one attached hydrogen (secondary N) is 1. The second kappa shape index (κ2) is 5.28. The maximum atomic E-state index is 11.4. The minimum atomic E-state index is -0.00967. The van der Waals surface area contributed by atoms with Crippen molar-refractivity contribution >= 4 is 0 Å². The van der Waals surface area contributed by atoms with Crippen molar-refractivity contribution in [2.45, 2.75) is 57.8 Å². The van der Waals surface area contributed by atoms with E-state index in [1.165, 1.54) is 44.9 Å². The van der Waals surface area contributed by atoms with Gasteiger partial charge in [0.2, 0.25) is 0 Å². The Balaban J connectivity index is 2.17. The van der Waals surface area contributed by atoms with Gasteiger partial charge in [-0.25, -0.2) is 4.98 Å². The van der Waals surface area contributed by atoms with Crippen molar-refractivity contribution in [3.8, 4) is 0 Å². The maximum absolute atomic E-state index is 11.4. The Morgan fingerprint density at radius 1 is 1.19 bits per heavy atom. The van der Waals surface area contributed by atoms with Gasteiger partial charge in [0, 0.05) is 17.7 Å². The molecule has 0 spiro atoms. The van der Waals surface area contributed by atoms with Crippen LogP contribution in [-0.2, 0) is 0 Å². The molecule has 1 fully saturated rings. The molecule has 1 aliphatic carbocycles. The summed E-state index contributed by atoms with van der Waals surface area (Å²) in [6.07, 6.45) is 8.90. The third kappa shape index (κ3) is 2.94. The molecule has 1 heterocycles. The molecule has 0 amide bonds. The fourth-order valence-electron chi connectivity index (χ4n) is 2.53. The van der Waals surface area contributed by atoms with E-state index in [0.29, 0.717) is 5.92 Å². The standard InChI is InChI=1S/C13H20N2O/c1-10-9-12(16)15-13(14-10)11-7-5-3-2-4-6-8-11/h9,11H,2-8H2,1H3,(H,14,15,16). The zero-order valence-corrected chi connectivity index (χ0v) is 9.96. The predicted molar refractivity (Wildman–Crippen MR) is 64.7 cm³/mol. The van der Waals surface area contributed by atoms with Crippen LogP contribution in [0.4, 0.5) is 0 Å². The lowest BCUT2D eigenvalue weighted by molar-refractivity contribution is 0.441. The topological polar surface area (TPSA) is 45.8 Å². The number of rotatable bonds is 1. The van der Waals surface area contributed by atoms with Crippen molar-refractivity contribution in [1.29, 1.82) is 0 Å². The summed E-state index contributed by atoms with van der Waals surface area (Å²) in [7, 11) is 0. The normalized spacial score (nSPS) is 19.1. The molecular weight excluding hydrogens is 200 g/mol. The van der Waals surface area contributed by atoms with E-state index in [9.17, 15) is 4.79 Å². The van der Waals surface area contributed by atoms with Crippen LogP contribution < -0.4 is 5.56 Å². The monoisotopic (exact) mass is 220 g/mol. The summed E-state index contributed by atoms with van der Waals surface area (Å²) in [5, 5.41) is 0. The van der Waals surface area contributed by atoms with Crippen LogP contribution in [-0.4, -0.2) is 9.97 Å². The van der Waals surface area contributed by atoms with Crippen molar-refractivity contribution in [3.63, 3.8) is 0 Å². The fraction of sp³-hybridized carbons (Fsp3) is 0.692. The van der Waals surface area contributed by atoms with E-state index >= 15 is 0 Å². The second-order valence-corrected chi connectivity index (χ2v) is 4.81. The van der Waals surface area contributed by atoms with Gasteiger partial charge in [-0.1, -0.05) is 32.1 Å². The Morgan fingerprint density at radius 2 is 1.81 bits per heavy atom. The molecule has 0 aromatic carbocycles. The molecule has 0 unspecified atom stereocenters. The van der Waals surface area contributed by atoms with Gasteiger partial charge < -0.3 is 4.98 Å². The van der Waals surface area contributed by atoms with Crippen LogP contribution in [0.25, 0.3) is 0 Å². The summed E-state index contributed by atoms with van der Waals surface area (Å²) in [5.41, 5.74) is 0.824. The molecule has 0 atom stereocenters. The van der Waals surface area contributed by atoms with E-state index in [1.54, 1.807) is 6.07 Å². The molecule has 1 aliphatic rings. The smallest absolute Gasteiger partial charge is 0.251 e. The first-order valence-corrected chi connectivity index (χ1v) is 6.33. The summed E-state index contributed by atoms with van der Waals surface area (Å²) in [6, 6.07) is 1.56. The molecule has 1 aromatic heterocycles. The molecule has 0 saturated heterocycles. The van der Waals surface area contributed by atoms with Crippen LogP contribution in [0.2, 0.25) is 0 Å². The van der Waals surface area contributed by atoms with Crippen LogP contribution >= 0.6 is 0 Å². The lowest BCUT2D eigenvalue weighted by Gasteiger charge is -2.18. The Labute approximate surface area is 96.3 Å². The highest BCUT2D eigenvalue weighted by molar-refractivity contribution is 5.04. The lowest BCUT2D eigenvalue weighted by atomic mass is 9.90. The molecule has 2 rings (SSSR count). The summed E-state index contributed by atoms with van der Waals surface area (Å²) in [4.78, 5) is 18.8. The highest BCUT2D eigenvalue weighted by atomic mass is 16.1. The molecular formula is C13H20N2O. The van der Waals surface area contributed by atoms with Gasteiger partial charge in [0.1, 0.15) is 5.82 Å². The number of hydrogen-bond donors (Lipinski definition) is 1. The molecule has 0 bridgehead atoms. The van der Waals surface area contributed by atoms with Crippen LogP contribution in [0, 0.1) is 6.92 Å². The van der Waals surface area contributed by atoms with Crippen LogP contribution in [0.3, 0.4) is 0 Å². The van der Waals surface area contributed by atoms with Gasteiger partial charge in [-0.15, -0.1) is 0 Å². The summed E-state index contributed by atoms with van der Waals surface area (Å²) in [5.74, 6) is 1.37. The molecule has 0 aliphatic heterocycles. The number of aromatic nitrogens is 2. The zero-order chi connectivity index (χ0) is 11.4. The predicted octanol–water partition coefficient (Wildman–Crippen LogP) is 2.91. The lowest BCUT2D eigenvalue weighted by Crippen LogP contribution is -2.15. The van der Waals surface area contributed by atoms with E-state index < -0.39 is 0 Å². The highest BCUT2D eigenvalue weighted by Crippen LogP contribution is 2.28. The number of nitrogens with zero attached hydrogens (tertiary/aromatic N) is 1. The number of H-pyrrole nitrogens is 1. The van der Waals surface area contributed by atoms with Crippen molar-refractivity contribution in [1.82, 2.24) is 9.97 Å². The fourth-order valence-corrected chi connectivity index (χ4v) is 2.53. The minimum absolute atomic E-state index is 0.00967. The van der Waals surface area contributed by atoms with Gasteiger partial charge in [-0.05, 0) is 19.8 Å². The minimum Gasteiger partial charge on any atom is -0.310 e. The average molecular weight is 220 g/mol. The maximum Gasteiger partial charge on any atom is 0.251 e. The first kappa shape index (κ1) is 11.4. The Bertz CT molecular complexity index is 389. The van der Waals surface area contributed by atoms with Crippen molar-refractivity contribution in [3.05, 3.63) is 27.9 Å². The molecule has 1 N–H and O–H groups in total. The molecule has 3 heteroatoms. The van der Waals surface area contributed by atoms with Crippen LogP contribution in [0.1, 0.15) is 62.4 Å². The third-order valence-electron chi connectivity index (χ3n) is 3.38. The first-order valence-electron chi connectivity index (χ1n) is 6.33. The van der Waals surface area contributed by atoms with Gasteiger partial charge in [0.15, 0.2) is 0 Å². The van der Waals surface area contributed by atoms with Gasteiger partial charge in [0.05, 0.1) is 0 Å². The second-order valence-electron chi connectivity index (χ2n) is 4.81. The summed E-state index contributed by atoms with van der Waals surface area (Å²) < 4.78 is 0. The number of aryl methyl sites for hydroxylation is 1. The quantitative estimate of drug-likeness (QED) is 0.791. The van der Waals surface area contributed by atoms with E-state index in [0.717, 1.165) is 11.5 Å². The SMILES string of the molecule is Cc1cc(=O)[nH]c(C2CCCCCCC2)n1.